The van der Waals surface area contributed by atoms with E-state index < -0.39 is 17.6 Å². The topological polar surface area (TPSA) is 60.1 Å². The molecule has 25 heavy (non-hydrogen) atoms. The highest BCUT2D eigenvalue weighted by Crippen LogP contribution is 2.33. The number of amides is 1. The van der Waals surface area contributed by atoms with Gasteiger partial charge in [0.2, 0.25) is 5.91 Å². The van der Waals surface area contributed by atoms with Crippen LogP contribution in [0, 0.1) is 0 Å². The Morgan fingerprint density at radius 2 is 2.08 bits per heavy atom. The minimum absolute atomic E-state index is 0.00683. The molecule has 3 rings (SSSR count). The van der Waals surface area contributed by atoms with Gasteiger partial charge < -0.3 is 9.73 Å². The zero-order chi connectivity index (χ0) is 17.9. The van der Waals surface area contributed by atoms with Crippen molar-refractivity contribution in [2.45, 2.75) is 6.18 Å². The summed E-state index contributed by atoms with van der Waals surface area (Å²) in [6.07, 6.45) is 2.56. The van der Waals surface area contributed by atoms with E-state index in [1.54, 1.807) is 24.4 Å². The molecule has 0 bridgehead atoms. The van der Waals surface area contributed by atoms with Crippen molar-refractivity contribution >= 4 is 17.7 Å². The highest BCUT2D eigenvalue weighted by Gasteiger charge is 2.31. The Morgan fingerprint density at radius 1 is 1.24 bits per heavy atom. The van der Waals surface area contributed by atoms with E-state index in [0.29, 0.717) is 11.4 Å². The molecule has 0 aliphatic rings. The van der Waals surface area contributed by atoms with Crippen molar-refractivity contribution in [1.82, 2.24) is 9.78 Å². The Balaban J connectivity index is 1.90. The van der Waals surface area contributed by atoms with Crippen LogP contribution in [-0.2, 0) is 11.0 Å². The SMILES string of the molecule is O=C(/C=C/c1ccco1)Nc1cc(C(F)(F)F)ccc1-n1cccn1. The molecular weight excluding hydrogens is 335 g/mol. The Morgan fingerprint density at radius 3 is 2.72 bits per heavy atom. The summed E-state index contributed by atoms with van der Waals surface area (Å²) in [6.45, 7) is 0. The maximum Gasteiger partial charge on any atom is 0.416 e. The van der Waals surface area contributed by atoms with Crippen molar-refractivity contribution in [3.8, 4) is 5.69 Å². The molecule has 0 radical (unpaired) electrons. The highest BCUT2D eigenvalue weighted by atomic mass is 19.4. The molecule has 1 amide bonds. The van der Waals surface area contributed by atoms with E-state index in [0.717, 1.165) is 12.1 Å². The van der Waals surface area contributed by atoms with Crippen molar-refractivity contribution in [1.29, 1.82) is 0 Å². The smallest absolute Gasteiger partial charge is 0.416 e. The quantitative estimate of drug-likeness (QED) is 0.722. The molecule has 5 nitrogen and oxygen atoms in total. The third kappa shape index (κ3) is 3.97. The van der Waals surface area contributed by atoms with Crippen LogP contribution in [0.2, 0.25) is 0 Å². The molecule has 0 aliphatic carbocycles. The van der Waals surface area contributed by atoms with Gasteiger partial charge >= 0.3 is 6.18 Å². The number of benzene rings is 1. The minimum atomic E-state index is -4.52. The van der Waals surface area contributed by atoms with Crippen molar-refractivity contribution in [2.24, 2.45) is 0 Å². The van der Waals surface area contributed by atoms with Gasteiger partial charge in [-0.25, -0.2) is 4.68 Å². The monoisotopic (exact) mass is 347 g/mol. The van der Waals surface area contributed by atoms with E-state index in [-0.39, 0.29) is 5.69 Å². The molecule has 0 saturated heterocycles. The Kier molecular flexibility index (Phi) is 4.42. The van der Waals surface area contributed by atoms with E-state index in [1.807, 2.05) is 0 Å². The lowest BCUT2D eigenvalue weighted by atomic mass is 10.1. The summed E-state index contributed by atoms with van der Waals surface area (Å²) in [6, 6.07) is 7.98. The van der Waals surface area contributed by atoms with Crippen LogP contribution in [0.1, 0.15) is 11.3 Å². The van der Waals surface area contributed by atoms with Crippen LogP contribution < -0.4 is 5.32 Å². The van der Waals surface area contributed by atoms with Gasteiger partial charge in [-0.2, -0.15) is 18.3 Å². The molecule has 8 heteroatoms. The molecule has 1 N–H and O–H groups in total. The van der Waals surface area contributed by atoms with Crippen molar-refractivity contribution in [3.05, 3.63) is 72.5 Å². The number of carbonyl (C=O) groups is 1. The first-order valence-electron chi connectivity index (χ1n) is 7.17. The van der Waals surface area contributed by atoms with E-state index in [9.17, 15) is 18.0 Å². The third-order valence-electron chi connectivity index (χ3n) is 3.28. The lowest BCUT2D eigenvalue weighted by Crippen LogP contribution is -2.13. The standard InChI is InChI=1S/C17H12F3N3O2/c18-17(19,20)12-4-6-15(23-9-2-8-21-23)14(11-12)22-16(24)7-5-13-3-1-10-25-13/h1-11H,(H,22,24)/b7-5+. The first-order valence-corrected chi connectivity index (χ1v) is 7.17. The number of carbonyl (C=O) groups excluding carboxylic acids is 1. The molecule has 0 aliphatic heterocycles. The first-order chi connectivity index (χ1) is 11.9. The second-order valence-corrected chi connectivity index (χ2v) is 5.02. The summed E-state index contributed by atoms with van der Waals surface area (Å²) in [5, 5.41) is 6.43. The normalized spacial score (nSPS) is 11.8. The summed E-state index contributed by atoms with van der Waals surface area (Å²) >= 11 is 0. The zero-order valence-corrected chi connectivity index (χ0v) is 12.7. The fraction of sp³-hybridized carbons (Fsp3) is 0.0588. The predicted octanol–water partition coefficient (Wildman–Crippen LogP) is 4.14. The van der Waals surface area contributed by atoms with Gasteiger partial charge in [-0.1, -0.05) is 0 Å². The molecular formula is C17H12F3N3O2. The van der Waals surface area contributed by atoms with Crippen molar-refractivity contribution < 1.29 is 22.4 Å². The summed E-state index contributed by atoms with van der Waals surface area (Å²) in [4.78, 5) is 12.0. The lowest BCUT2D eigenvalue weighted by molar-refractivity contribution is -0.137. The predicted molar refractivity (Wildman–Crippen MR) is 84.9 cm³/mol. The Bertz CT molecular complexity index is 883. The van der Waals surface area contributed by atoms with E-state index in [4.69, 9.17) is 4.42 Å². The molecule has 3 aromatic rings. The third-order valence-corrected chi connectivity index (χ3v) is 3.28. The van der Waals surface area contributed by atoms with Gasteiger partial charge in [-0.15, -0.1) is 0 Å². The number of rotatable bonds is 4. The second-order valence-electron chi connectivity index (χ2n) is 5.02. The number of alkyl halides is 3. The van der Waals surface area contributed by atoms with Crippen LogP contribution in [0.25, 0.3) is 11.8 Å². The van der Waals surface area contributed by atoms with E-state index >= 15 is 0 Å². The molecule has 128 valence electrons. The number of hydrogen-bond acceptors (Lipinski definition) is 3. The van der Waals surface area contributed by atoms with Crippen LogP contribution in [0.4, 0.5) is 18.9 Å². The van der Waals surface area contributed by atoms with Gasteiger partial charge in [0.15, 0.2) is 0 Å². The number of aromatic nitrogens is 2. The lowest BCUT2D eigenvalue weighted by Gasteiger charge is -2.14. The van der Waals surface area contributed by atoms with Gasteiger partial charge in [-0.3, -0.25) is 4.79 Å². The summed E-state index contributed by atoms with van der Waals surface area (Å²) in [7, 11) is 0. The number of nitrogens with zero attached hydrogens (tertiary/aromatic N) is 2. The molecule has 2 heterocycles. The molecule has 2 aromatic heterocycles. The number of halogens is 3. The maximum atomic E-state index is 13.0. The van der Waals surface area contributed by atoms with Gasteiger partial charge in [0.25, 0.3) is 0 Å². The van der Waals surface area contributed by atoms with Gasteiger partial charge in [0, 0.05) is 18.5 Å². The molecule has 0 spiro atoms. The highest BCUT2D eigenvalue weighted by molar-refractivity contribution is 6.03. The van der Waals surface area contributed by atoms with Crippen molar-refractivity contribution in [2.75, 3.05) is 5.32 Å². The largest absolute Gasteiger partial charge is 0.465 e. The number of furan rings is 1. The average Bonchev–Trinajstić information content (AvgIpc) is 3.26. The molecule has 0 atom stereocenters. The van der Waals surface area contributed by atoms with Crippen molar-refractivity contribution in [3.63, 3.8) is 0 Å². The molecule has 0 fully saturated rings. The minimum Gasteiger partial charge on any atom is -0.465 e. The summed E-state index contributed by atoms with van der Waals surface area (Å²) in [5.74, 6) is -0.143. The van der Waals surface area contributed by atoms with E-state index in [2.05, 4.69) is 10.4 Å². The number of nitrogens with one attached hydrogen (secondary N) is 1. The second kappa shape index (κ2) is 6.68. The molecule has 0 unspecified atom stereocenters. The van der Waals surface area contributed by atoms with Crippen LogP contribution in [-0.4, -0.2) is 15.7 Å². The maximum absolute atomic E-state index is 13.0. The van der Waals surface area contributed by atoms with Crippen LogP contribution in [0.15, 0.2) is 65.5 Å². The van der Waals surface area contributed by atoms with Gasteiger partial charge in [0.05, 0.1) is 23.2 Å². The van der Waals surface area contributed by atoms with E-state index in [1.165, 1.54) is 35.4 Å². The van der Waals surface area contributed by atoms with Gasteiger partial charge in [0.1, 0.15) is 5.76 Å². The zero-order valence-electron chi connectivity index (χ0n) is 12.7. The summed E-state index contributed by atoms with van der Waals surface area (Å²) < 4.78 is 45.3. The Hall–Kier alpha value is -3.29. The fourth-order valence-electron chi connectivity index (χ4n) is 2.14. The van der Waals surface area contributed by atoms with Crippen LogP contribution in [0.3, 0.4) is 0 Å². The van der Waals surface area contributed by atoms with Crippen LogP contribution in [0.5, 0.6) is 0 Å². The van der Waals surface area contributed by atoms with Gasteiger partial charge in [-0.05, 0) is 42.5 Å². The van der Waals surface area contributed by atoms with Crippen LogP contribution >= 0.6 is 0 Å². The fourth-order valence-corrected chi connectivity index (χ4v) is 2.14. The Labute approximate surface area is 140 Å². The number of anilines is 1. The summed E-state index contributed by atoms with van der Waals surface area (Å²) in [5.41, 5.74) is -0.556. The number of hydrogen-bond donors (Lipinski definition) is 1. The first kappa shape index (κ1) is 16.6. The molecule has 0 saturated carbocycles. The average molecular weight is 347 g/mol. The molecule has 1 aromatic carbocycles.